The van der Waals surface area contributed by atoms with Gasteiger partial charge in [0.15, 0.2) is 0 Å². The summed E-state index contributed by atoms with van der Waals surface area (Å²) in [6.45, 7) is 0.249. The zero-order valence-corrected chi connectivity index (χ0v) is 18.9. The first-order chi connectivity index (χ1) is 15.4. The van der Waals surface area contributed by atoms with E-state index in [1.54, 1.807) is 48.5 Å². The molecule has 0 radical (unpaired) electrons. The minimum absolute atomic E-state index is 0.249. The minimum Gasteiger partial charge on any atom is -0.488 e. The van der Waals surface area contributed by atoms with Crippen molar-refractivity contribution in [1.29, 1.82) is 0 Å². The van der Waals surface area contributed by atoms with Gasteiger partial charge in [-0.3, -0.25) is 9.59 Å². The van der Waals surface area contributed by atoms with Crippen LogP contribution in [0.3, 0.4) is 0 Å². The number of nitrogens with one attached hydrogen (secondary N) is 2. The van der Waals surface area contributed by atoms with Crippen molar-refractivity contribution in [2.75, 3.05) is 5.32 Å². The molecule has 0 heterocycles. The normalized spacial score (nSPS) is 10.7. The fraction of sp³-hybridized carbons (Fsp3) is 0.0870. The molecule has 6 nitrogen and oxygen atoms in total. The van der Waals surface area contributed by atoms with Crippen LogP contribution in [0.4, 0.5) is 5.69 Å². The molecule has 0 aromatic heterocycles. The Hall–Kier alpha value is -3.06. The summed E-state index contributed by atoms with van der Waals surface area (Å²) in [4.78, 5) is 24.0. The molecular weight excluding hydrogens is 473 g/mol. The van der Waals surface area contributed by atoms with E-state index in [0.29, 0.717) is 32.1 Å². The van der Waals surface area contributed by atoms with Crippen molar-refractivity contribution in [3.63, 3.8) is 0 Å². The van der Waals surface area contributed by atoms with E-state index in [1.807, 2.05) is 18.2 Å². The minimum atomic E-state index is -0.576. The van der Waals surface area contributed by atoms with Crippen LogP contribution in [0.5, 0.6) is 5.75 Å². The predicted molar refractivity (Wildman–Crippen MR) is 128 cm³/mol. The van der Waals surface area contributed by atoms with Gasteiger partial charge in [0.05, 0.1) is 6.21 Å². The number of carbonyl (C=O) groups is 2. The molecule has 0 spiro atoms. The predicted octanol–water partition coefficient (Wildman–Crippen LogP) is 5.70. The van der Waals surface area contributed by atoms with Gasteiger partial charge in [0.25, 0.3) is 0 Å². The van der Waals surface area contributed by atoms with E-state index >= 15 is 0 Å². The molecule has 0 atom stereocenters. The van der Waals surface area contributed by atoms with Gasteiger partial charge in [-0.05, 0) is 48.5 Å². The molecule has 32 heavy (non-hydrogen) atoms. The zero-order chi connectivity index (χ0) is 22.9. The van der Waals surface area contributed by atoms with Crippen LogP contribution in [0.2, 0.25) is 15.1 Å². The smallest absolute Gasteiger partial charge is 0.249 e. The Bertz CT molecular complexity index is 1130. The van der Waals surface area contributed by atoms with Crippen LogP contribution in [0.25, 0.3) is 0 Å². The number of hydrogen-bond donors (Lipinski definition) is 2. The molecule has 164 valence electrons. The molecule has 0 aliphatic heterocycles. The Morgan fingerprint density at radius 1 is 0.906 bits per heavy atom. The average Bonchev–Trinajstić information content (AvgIpc) is 2.76. The lowest BCUT2D eigenvalue weighted by molar-refractivity contribution is -0.126. The summed E-state index contributed by atoms with van der Waals surface area (Å²) < 4.78 is 5.84. The Morgan fingerprint density at radius 3 is 2.38 bits per heavy atom. The van der Waals surface area contributed by atoms with Gasteiger partial charge in [0.2, 0.25) is 11.8 Å². The summed E-state index contributed by atoms with van der Waals surface area (Å²) in [7, 11) is 0. The number of carbonyl (C=O) groups excluding carboxylic acids is 2. The largest absolute Gasteiger partial charge is 0.488 e. The lowest BCUT2D eigenvalue weighted by atomic mass is 10.2. The fourth-order valence-electron chi connectivity index (χ4n) is 2.62. The number of rotatable bonds is 8. The number of anilines is 1. The summed E-state index contributed by atoms with van der Waals surface area (Å²) in [6.07, 6.45) is 0.994. The van der Waals surface area contributed by atoms with Crippen LogP contribution in [0.1, 0.15) is 17.5 Å². The molecule has 3 aromatic carbocycles. The van der Waals surface area contributed by atoms with Crippen LogP contribution in [0.15, 0.2) is 71.8 Å². The van der Waals surface area contributed by atoms with E-state index in [1.165, 1.54) is 6.21 Å². The highest BCUT2D eigenvalue weighted by molar-refractivity contribution is 6.31. The van der Waals surface area contributed by atoms with Gasteiger partial charge in [0.1, 0.15) is 18.8 Å². The van der Waals surface area contributed by atoms with Gasteiger partial charge in [-0.1, -0.05) is 53.0 Å². The highest BCUT2D eigenvalue weighted by Gasteiger charge is 2.10. The summed E-state index contributed by atoms with van der Waals surface area (Å²) in [6, 6.07) is 18.9. The van der Waals surface area contributed by atoms with Crippen molar-refractivity contribution in [2.24, 2.45) is 5.10 Å². The van der Waals surface area contributed by atoms with Gasteiger partial charge in [-0.25, -0.2) is 5.43 Å². The Kier molecular flexibility index (Phi) is 8.50. The fourth-order valence-corrected chi connectivity index (χ4v) is 3.12. The molecule has 0 saturated heterocycles. The van der Waals surface area contributed by atoms with Crippen molar-refractivity contribution in [3.05, 3.63) is 92.9 Å². The maximum atomic E-state index is 12.0. The quantitative estimate of drug-likeness (QED) is 0.241. The second-order valence-corrected chi connectivity index (χ2v) is 7.87. The first-order valence-electron chi connectivity index (χ1n) is 9.44. The van der Waals surface area contributed by atoms with Crippen LogP contribution in [-0.2, 0) is 16.2 Å². The molecule has 0 aliphatic carbocycles. The second-order valence-electron chi connectivity index (χ2n) is 6.59. The number of hydrogen-bond acceptors (Lipinski definition) is 4. The highest BCUT2D eigenvalue weighted by Crippen LogP contribution is 2.24. The number of halogens is 3. The van der Waals surface area contributed by atoms with Crippen LogP contribution in [-0.4, -0.2) is 18.0 Å². The summed E-state index contributed by atoms with van der Waals surface area (Å²) in [5.74, 6) is -0.549. The Balaban J connectivity index is 1.56. The second kappa shape index (κ2) is 11.5. The first-order valence-corrected chi connectivity index (χ1v) is 10.6. The molecular formula is C23H18Cl3N3O3. The van der Waals surface area contributed by atoms with Gasteiger partial charge in [-0.15, -0.1) is 0 Å². The topological polar surface area (TPSA) is 79.8 Å². The monoisotopic (exact) mass is 489 g/mol. The third kappa shape index (κ3) is 7.27. The molecule has 3 aromatic rings. The van der Waals surface area contributed by atoms with Crippen LogP contribution < -0.4 is 15.5 Å². The molecule has 0 fully saturated rings. The highest BCUT2D eigenvalue weighted by atomic mass is 35.5. The van der Waals surface area contributed by atoms with E-state index in [9.17, 15) is 9.59 Å². The third-order valence-electron chi connectivity index (χ3n) is 4.15. The molecule has 0 unspecified atom stereocenters. The lowest BCUT2D eigenvalue weighted by Gasteiger charge is -2.10. The van der Waals surface area contributed by atoms with Crippen LogP contribution in [0, 0.1) is 0 Å². The number of hydrazone groups is 1. The van der Waals surface area contributed by atoms with E-state index in [0.717, 1.165) is 5.56 Å². The molecule has 2 amide bonds. The lowest BCUT2D eigenvalue weighted by Crippen LogP contribution is -2.24. The molecule has 0 saturated carbocycles. The molecule has 2 N–H and O–H groups in total. The number of benzene rings is 3. The van der Waals surface area contributed by atoms with E-state index in [2.05, 4.69) is 15.8 Å². The Morgan fingerprint density at radius 2 is 1.62 bits per heavy atom. The van der Waals surface area contributed by atoms with Crippen molar-refractivity contribution in [2.45, 2.75) is 13.0 Å². The first kappa shape index (κ1) is 23.6. The van der Waals surface area contributed by atoms with Gasteiger partial charge >= 0.3 is 0 Å². The zero-order valence-electron chi connectivity index (χ0n) is 16.6. The SMILES string of the molecule is O=C(CC(=O)Nc1ccc(Cl)cc1)NN=Cc1cc(Cl)ccc1OCc1ccccc1Cl. The summed E-state index contributed by atoms with van der Waals surface area (Å²) in [5.41, 5.74) is 4.23. The third-order valence-corrected chi connectivity index (χ3v) is 5.01. The Labute approximate surface area is 200 Å². The van der Waals surface area contributed by atoms with Crippen molar-refractivity contribution < 1.29 is 14.3 Å². The molecule has 3 rings (SSSR count). The van der Waals surface area contributed by atoms with Crippen LogP contribution >= 0.6 is 34.8 Å². The maximum absolute atomic E-state index is 12.0. The molecule has 9 heteroatoms. The van der Waals surface area contributed by atoms with Crippen molar-refractivity contribution >= 4 is 58.5 Å². The summed E-state index contributed by atoms with van der Waals surface area (Å²) in [5, 5.41) is 8.13. The van der Waals surface area contributed by atoms with Crippen molar-refractivity contribution in [1.82, 2.24) is 5.43 Å². The molecule has 0 bridgehead atoms. The number of amides is 2. The number of ether oxygens (including phenoxy) is 1. The van der Waals surface area contributed by atoms with E-state index < -0.39 is 18.2 Å². The van der Waals surface area contributed by atoms with Gasteiger partial charge in [-0.2, -0.15) is 5.10 Å². The van der Waals surface area contributed by atoms with E-state index in [4.69, 9.17) is 39.5 Å². The standard InChI is InChI=1S/C23H18Cl3N3O3/c24-17-5-8-19(9-6-17)28-22(30)12-23(31)29-27-13-16-11-18(25)7-10-21(16)32-14-15-3-1-2-4-20(15)26/h1-11,13H,12,14H2,(H,28,30)(H,29,31). The van der Waals surface area contributed by atoms with Gasteiger partial charge in [0, 0.05) is 31.9 Å². The van der Waals surface area contributed by atoms with E-state index in [-0.39, 0.29) is 6.61 Å². The summed E-state index contributed by atoms with van der Waals surface area (Å²) >= 11 is 18.0. The van der Waals surface area contributed by atoms with Crippen molar-refractivity contribution in [3.8, 4) is 5.75 Å². The van der Waals surface area contributed by atoms with Gasteiger partial charge < -0.3 is 10.1 Å². The average molecular weight is 491 g/mol. The maximum Gasteiger partial charge on any atom is 0.249 e. The molecule has 0 aliphatic rings. The number of nitrogens with zero attached hydrogens (tertiary/aromatic N) is 1.